The molecule has 1 fully saturated rings. The number of hydrogen-bond donors (Lipinski definition) is 1. The van der Waals surface area contributed by atoms with Crippen LogP contribution in [0.3, 0.4) is 0 Å². The summed E-state index contributed by atoms with van der Waals surface area (Å²) in [6, 6.07) is 11.2. The van der Waals surface area contributed by atoms with Gasteiger partial charge >= 0.3 is 0 Å². The number of ether oxygens (including phenoxy) is 1. The first-order valence-corrected chi connectivity index (χ1v) is 7.54. The van der Waals surface area contributed by atoms with Crippen molar-refractivity contribution in [1.29, 1.82) is 5.26 Å². The predicted octanol–water partition coefficient (Wildman–Crippen LogP) is 3.82. The van der Waals surface area contributed by atoms with E-state index in [0.717, 1.165) is 18.6 Å². The lowest BCUT2D eigenvalue weighted by Gasteiger charge is -2.25. The third-order valence-corrected chi connectivity index (χ3v) is 4.24. The van der Waals surface area contributed by atoms with Crippen molar-refractivity contribution in [1.82, 2.24) is 5.32 Å². The van der Waals surface area contributed by atoms with Crippen molar-refractivity contribution >= 4 is 0 Å². The molecular weight excluding hydrogens is 248 g/mol. The molecule has 0 spiro atoms. The van der Waals surface area contributed by atoms with Gasteiger partial charge in [-0.1, -0.05) is 31.4 Å². The molecule has 0 amide bonds. The van der Waals surface area contributed by atoms with Gasteiger partial charge in [-0.2, -0.15) is 5.26 Å². The van der Waals surface area contributed by atoms with Crippen molar-refractivity contribution in [3.05, 3.63) is 29.8 Å². The van der Waals surface area contributed by atoms with Gasteiger partial charge in [0, 0.05) is 12.1 Å². The molecule has 0 heterocycles. The SMILES string of the molecule is COc1cccc([C@H](C)NC2CCCCCC2C#N)c1. The second-order valence-corrected chi connectivity index (χ2v) is 5.65. The molecule has 1 aromatic carbocycles. The maximum Gasteiger partial charge on any atom is 0.119 e. The van der Waals surface area contributed by atoms with E-state index in [-0.39, 0.29) is 12.0 Å². The van der Waals surface area contributed by atoms with Crippen molar-refractivity contribution < 1.29 is 4.74 Å². The van der Waals surface area contributed by atoms with Crippen LogP contribution >= 0.6 is 0 Å². The van der Waals surface area contributed by atoms with Gasteiger partial charge in [0.2, 0.25) is 0 Å². The van der Waals surface area contributed by atoms with Crippen LogP contribution in [0, 0.1) is 17.2 Å². The van der Waals surface area contributed by atoms with Crippen molar-refractivity contribution in [3.63, 3.8) is 0 Å². The molecule has 1 aliphatic rings. The number of nitriles is 1. The van der Waals surface area contributed by atoms with E-state index < -0.39 is 0 Å². The van der Waals surface area contributed by atoms with E-state index in [2.05, 4.69) is 30.4 Å². The van der Waals surface area contributed by atoms with Crippen LogP contribution in [0.2, 0.25) is 0 Å². The maximum atomic E-state index is 9.34. The fourth-order valence-corrected chi connectivity index (χ4v) is 2.99. The molecule has 1 aromatic rings. The summed E-state index contributed by atoms with van der Waals surface area (Å²) in [7, 11) is 1.69. The molecule has 0 radical (unpaired) electrons. The van der Waals surface area contributed by atoms with Gasteiger partial charge in [-0.25, -0.2) is 0 Å². The first-order chi connectivity index (χ1) is 9.74. The van der Waals surface area contributed by atoms with Crippen LogP contribution in [0.1, 0.15) is 50.6 Å². The summed E-state index contributed by atoms with van der Waals surface area (Å²) in [5.74, 6) is 1.03. The van der Waals surface area contributed by atoms with Crippen LogP contribution in [0.4, 0.5) is 0 Å². The van der Waals surface area contributed by atoms with Gasteiger partial charge in [0.15, 0.2) is 0 Å². The van der Waals surface area contributed by atoms with Gasteiger partial charge in [-0.15, -0.1) is 0 Å². The van der Waals surface area contributed by atoms with E-state index in [4.69, 9.17) is 4.74 Å². The van der Waals surface area contributed by atoms with Gasteiger partial charge < -0.3 is 10.1 Å². The molecule has 0 aliphatic heterocycles. The zero-order valence-electron chi connectivity index (χ0n) is 12.4. The molecule has 0 aromatic heterocycles. The molecule has 0 bridgehead atoms. The number of methoxy groups -OCH3 is 1. The summed E-state index contributed by atoms with van der Waals surface area (Å²) in [6.07, 6.45) is 5.79. The van der Waals surface area contributed by atoms with Crippen LogP contribution < -0.4 is 10.1 Å². The lowest BCUT2D eigenvalue weighted by molar-refractivity contribution is 0.360. The highest BCUT2D eigenvalue weighted by molar-refractivity contribution is 5.30. The average Bonchev–Trinajstić information content (AvgIpc) is 2.72. The lowest BCUT2D eigenvalue weighted by Crippen LogP contribution is -2.36. The zero-order valence-corrected chi connectivity index (χ0v) is 12.4. The van der Waals surface area contributed by atoms with Crippen LogP contribution in [0.25, 0.3) is 0 Å². The predicted molar refractivity (Wildman–Crippen MR) is 80.5 cm³/mol. The average molecular weight is 272 g/mol. The Balaban J connectivity index is 2.05. The maximum absolute atomic E-state index is 9.34. The second kappa shape index (κ2) is 7.31. The molecule has 3 atom stereocenters. The Labute approximate surface area is 121 Å². The standard InChI is InChI=1S/C17H24N2O/c1-13(14-8-6-9-16(11-14)20-2)19-17-10-5-3-4-7-15(17)12-18/h6,8-9,11,13,15,17,19H,3-5,7,10H2,1-2H3/t13-,15?,17?/m0/s1. The van der Waals surface area contributed by atoms with Gasteiger partial charge in [-0.3, -0.25) is 0 Å². The topological polar surface area (TPSA) is 45.0 Å². The summed E-state index contributed by atoms with van der Waals surface area (Å²) >= 11 is 0. The summed E-state index contributed by atoms with van der Waals surface area (Å²) in [5, 5.41) is 13.0. The van der Waals surface area contributed by atoms with Crippen LogP contribution in [0.15, 0.2) is 24.3 Å². The molecule has 20 heavy (non-hydrogen) atoms. The highest BCUT2D eigenvalue weighted by atomic mass is 16.5. The number of hydrogen-bond acceptors (Lipinski definition) is 3. The Bertz CT molecular complexity index is 466. The minimum absolute atomic E-state index is 0.144. The van der Waals surface area contributed by atoms with Crippen molar-refractivity contribution in [2.24, 2.45) is 5.92 Å². The third kappa shape index (κ3) is 3.74. The Morgan fingerprint density at radius 3 is 2.85 bits per heavy atom. The molecule has 2 unspecified atom stereocenters. The fourth-order valence-electron chi connectivity index (χ4n) is 2.99. The summed E-state index contributed by atoms with van der Waals surface area (Å²) < 4.78 is 5.28. The first kappa shape index (κ1) is 14.9. The van der Waals surface area contributed by atoms with Crippen molar-refractivity contribution in [2.45, 2.75) is 51.1 Å². The third-order valence-electron chi connectivity index (χ3n) is 4.24. The summed E-state index contributed by atoms with van der Waals surface area (Å²) in [5.41, 5.74) is 1.21. The van der Waals surface area contributed by atoms with Gasteiger partial charge in [0.05, 0.1) is 19.1 Å². The van der Waals surface area contributed by atoms with E-state index in [1.54, 1.807) is 7.11 Å². The largest absolute Gasteiger partial charge is 0.497 e. The highest BCUT2D eigenvalue weighted by Gasteiger charge is 2.24. The molecule has 108 valence electrons. The van der Waals surface area contributed by atoms with Gasteiger partial charge in [0.1, 0.15) is 5.75 Å². The van der Waals surface area contributed by atoms with E-state index in [0.29, 0.717) is 6.04 Å². The van der Waals surface area contributed by atoms with E-state index in [9.17, 15) is 5.26 Å². The van der Waals surface area contributed by atoms with E-state index in [1.165, 1.54) is 24.8 Å². The Hall–Kier alpha value is -1.53. The van der Waals surface area contributed by atoms with E-state index >= 15 is 0 Å². The van der Waals surface area contributed by atoms with Crippen LogP contribution in [-0.4, -0.2) is 13.2 Å². The molecule has 1 saturated carbocycles. The molecule has 2 rings (SSSR count). The zero-order chi connectivity index (χ0) is 14.4. The molecule has 3 heteroatoms. The first-order valence-electron chi connectivity index (χ1n) is 7.54. The quantitative estimate of drug-likeness (QED) is 0.847. The Morgan fingerprint density at radius 1 is 1.30 bits per heavy atom. The highest BCUT2D eigenvalue weighted by Crippen LogP contribution is 2.26. The Kier molecular flexibility index (Phi) is 5.43. The number of rotatable bonds is 4. The van der Waals surface area contributed by atoms with E-state index in [1.807, 2.05) is 12.1 Å². The lowest BCUT2D eigenvalue weighted by atomic mass is 9.94. The fraction of sp³-hybridized carbons (Fsp3) is 0.588. The minimum atomic E-state index is 0.144. The molecule has 1 aliphatic carbocycles. The van der Waals surface area contributed by atoms with Gasteiger partial charge in [0.25, 0.3) is 0 Å². The number of benzene rings is 1. The van der Waals surface area contributed by atoms with Crippen LogP contribution in [0.5, 0.6) is 5.75 Å². The van der Waals surface area contributed by atoms with Gasteiger partial charge in [-0.05, 0) is 37.5 Å². The smallest absolute Gasteiger partial charge is 0.119 e. The molecule has 1 N–H and O–H groups in total. The number of nitrogens with one attached hydrogen (secondary N) is 1. The summed E-state index contributed by atoms with van der Waals surface area (Å²) in [4.78, 5) is 0. The van der Waals surface area contributed by atoms with Crippen LogP contribution in [-0.2, 0) is 0 Å². The molecule has 3 nitrogen and oxygen atoms in total. The minimum Gasteiger partial charge on any atom is -0.497 e. The number of nitrogens with zero attached hydrogens (tertiary/aromatic N) is 1. The van der Waals surface area contributed by atoms with Crippen molar-refractivity contribution in [2.75, 3.05) is 7.11 Å². The normalized spacial score (nSPS) is 24.4. The second-order valence-electron chi connectivity index (χ2n) is 5.65. The molecule has 0 saturated heterocycles. The molecular formula is C17H24N2O. The Morgan fingerprint density at radius 2 is 2.10 bits per heavy atom. The monoisotopic (exact) mass is 272 g/mol. The summed E-state index contributed by atoms with van der Waals surface area (Å²) in [6.45, 7) is 2.16. The van der Waals surface area contributed by atoms with Crippen molar-refractivity contribution in [3.8, 4) is 11.8 Å².